The van der Waals surface area contributed by atoms with Crippen LogP contribution in [0.4, 0.5) is 10.5 Å². The summed E-state index contributed by atoms with van der Waals surface area (Å²) in [6.45, 7) is 9.49. The molecule has 2 aromatic rings. The number of carbonyl (C=O) groups is 2. The normalized spacial score (nSPS) is 16.9. The van der Waals surface area contributed by atoms with Crippen molar-refractivity contribution in [3.63, 3.8) is 0 Å². The number of benzene rings is 1. The molecule has 0 spiro atoms. The zero-order valence-electron chi connectivity index (χ0n) is 18.1. The fraction of sp³-hybridized carbons (Fsp3) is 0.522. The summed E-state index contributed by atoms with van der Waals surface area (Å²) in [7, 11) is 0. The number of hydrogen-bond acceptors (Lipinski definition) is 3. The minimum Gasteiger partial charge on any atom is -0.334 e. The van der Waals surface area contributed by atoms with E-state index in [0.717, 1.165) is 37.2 Å². The van der Waals surface area contributed by atoms with Crippen molar-refractivity contribution in [2.45, 2.75) is 52.0 Å². The summed E-state index contributed by atoms with van der Waals surface area (Å²) in [4.78, 5) is 29.0. The Morgan fingerprint density at radius 2 is 1.60 bits per heavy atom. The van der Waals surface area contributed by atoms with Crippen LogP contribution in [0.2, 0.25) is 0 Å². The topological polar surface area (TPSA) is 70.5 Å². The summed E-state index contributed by atoms with van der Waals surface area (Å²) in [6.07, 6.45) is 3.27. The van der Waals surface area contributed by atoms with Gasteiger partial charge in [0.25, 0.3) is 5.91 Å². The van der Waals surface area contributed by atoms with Crippen LogP contribution >= 0.6 is 0 Å². The van der Waals surface area contributed by atoms with E-state index in [4.69, 9.17) is 0 Å². The maximum absolute atomic E-state index is 12.8. The second-order valence-corrected chi connectivity index (χ2v) is 9.24. The van der Waals surface area contributed by atoms with Gasteiger partial charge >= 0.3 is 6.03 Å². The SMILES string of the molecule is CC(C)(C)c1ccc(NC(=O)N2CCN(C(=O)c3cc4n(n3)CCCC4)CC2)cc1. The van der Waals surface area contributed by atoms with E-state index in [-0.39, 0.29) is 17.4 Å². The van der Waals surface area contributed by atoms with Gasteiger partial charge in [-0.1, -0.05) is 32.9 Å². The third kappa shape index (κ3) is 4.35. The second-order valence-electron chi connectivity index (χ2n) is 9.24. The van der Waals surface area contributed by atoms with Crippen molar-refractivity contribution in [3.05, 3.63) is 47.3 Å². The van der Waals surface area contributed by atoms with E-state index in [9.17, 15) is 9.59 Å². The number of hydrogen-bond donors (Lipinski definition) is 1. The standard InChI is InChI=1S/C23H31N5O2/c1-23(2,3)17-7-9-18(10-8-17)24-22(30)27-14-12-26(13-15-27)21(29)20-16-19-6-4-5-11-28(19)25-20/h7-10,16H,4-6,11-15H2,1-3H3,(H,24,30). The molecule has 0 aliphatic carbocycles. The number of aromatic nitrogens is 2. The molecular formula is C23H31N5O2. The van der Waals surface area contributed by atoms with Crippen LogP contribution in [0.3, 0.4) is 0 Å². The lowest BCUT2D eigenvalue weighted by molar-refractivity contribution is 0.0665. The van der Waals surface area contributed by atoms with Crippen LogP contribution in [0.1, 0.15) is 55.4 Å². The average molecular weight is 410 g/mol. The Hall–Kier alpha value is -2.83. The Balaban J connectivity index is 1.31. The molecule has 0 radical (unpaired) electrons. The Morgan fingerprint density at radius 1 is 0.933 bits per heavy atom. The highest BCUT2D eigenvalue weighted by atomic mass is 16.2. The van der Waals surface area contributed by atoms with Crippen LogP contribution in [0.5, 0.6) is 0 Å². The van der Waals surface area contributed by atoms with E-state index in [1.165, 1.54) is 5.56 Å². The Labute approximate surface area is 178 Å². The number of piperazine rings is 1. The van der Waals surface area contributed by atoms with Crippen LogP contribution in [0, 0.1) is 0 Å². The predicted molar refractivity (Wildman–Crippen MR) is 117 cm³/mol. The molecule has 160 valence electrons. The fourth-order valence-electron chi connectivity index (χ4n) is 4.05. The first-order valence-corrected chi connectivity index (χ1v) is 10.8. The minimum atomic E-state index is -0.122. The zero-order valence-corrected chi connectivity index (χ0v) is 18.1. The van der Waals surface area contributed by atoms with Crippen LogP contribution < -0.4 is 5.32 Å². The summed E-state index contributed by atoms with van der Waals surface area (Å²) in [6, 6.07) is 9.80. The number of rotatable bonds is 2. The molecule has 4 rings (SSSR count). The van der Waals surface area contributed by atoms with Gasteiger partial charge in [-0.2, -0.15) is 5.10 Å². The van der Waals surface area contributed by atoms with Crippen molar-refractivity contribution >= 4 is 17.6 Å². The van der Waals surface area contributed by atoms with E-state index in [2.05, 4.69) is 43.3 Å². The van der Waals surface area contributed by atoms with Gasteiger partial charge in [-0.3, -0.25) is 9.48 Å². The third-order valence-corrected chi connectivity index (χ3v) is 5.99. The molecule has 30 heavy (non-hydrogen) atoms. The second kappa shape index (κ2) is 8.13. The molecule has 7 heteroatoms. The van der Waals surface area contributed by atoms with Gasteiger partial charge in [0.05, 0.1) is 0 Å². The molecule has 1 saturated heterocycles. The van der Waals surface area contributed by atoms with E-state index in [1.54, 1.807) is 9.80 Å². The number of nitrogens with zero attached hydrogens (tertiary/aromatic N) is 4. The summed E-state index contributed by atoms with van der Waals surface area (Å²) >= 11 is 0. The number of fused-ring (bicyclic) bond motifs is 1. The monoisotopic (exact) mass is 409 g/mol. The Kier molecular flexibility index (Phi) is 5.54. The smallest absolute Gasteiger partial charge is 0.321 e. The first kappa shape index (κ1) is 20.4. The van der Waals surface area contributed by atoms with Gasteiger partial charge in [0.2, 0.25) is 0 Å². The van der Waals surface area contributed by atoms with Crippen LogP contribution in [0.25, 0.3) is 0 Å². The molecule has 0 atom stereocenters. The molecule has 2 aliphatic rings. The summed E-state index contributed by atoms with van der Waals surface area (Å²) in [5, 5.41) is 7.46. The van der Waals surface area contributed by atoms with E-state index in [0.29, 0.717) is 31.9 Å². The van der Waals surface area contributed by atoms with Gasteiger partial charge in [0.15, 0.2) is 5.69 Å². The first-order valence-electron chi connectivity index (χ1n) is 10.8. The van der Waals surface area contributed by atoms with E-state index >= 15 is 0 Å². The lowest BCUT2D eigenvalue weighted by Gasteiger charge is -2.34. The molecule has 1 fully saturated rings. The van der Waals surface area contributed by atoms with Crippen molar-refractivity contribution < 1.29 is 9.59 Å². The number of amides is 3. The molecule has 1 aromatic carbocycles. The van der Waals surface area contributed by atoms with Gasteiger partial charge < -0.3 is 15.1 Å². The molecule has 1 aromatic heterocycles. The number of carbonyl (C=O) groups excluding carboxylic acids is 2. The molecule has 3 heterocycles. The van der Waals surface area contributed by atoms with Crippen LogP contribution in [0.15, 0.2) is 30.3 Å². The average Bonchev–Trinajstić information content (AvgIpc) is 3.17. The van der Waals surface area contributed by atoms with Gasteiger partial charge in [0.1, 0.15) is 0 Å². The maximum Gasteiger partial charge on any atom is 0.321 e. The lowest BCUT2D eigenvalue weighted by Crippen LogP contribution is -2.51. The van der Waals surface area contributed by atoms with Gasteiger partial charge in [-0.25, -0.2) is 4.79 Å². The molecule has 3 amide bonds. The highest BCUT2D eigenvalue weighted by Gasteiger charge is 2.27. The highest BCUT2D eigenvalue weighted by Crippen LogP contribution is 2.23. The van der Waals surface area contributed by atoms with Crippen LogP contribution in [-0.4, -0.2) is 57.7 Å². The Morgan fingerprint density at radius 3 is 2.23 bits per heavy atom. The van der Waals surface area contributed by atoms with Crippen molar-refractivity contribution in [1.82, 2.24) is 19.6 Å². The third-order valence-electron chi connectivity index (χ3n) is 5.99. The van der Waals surface area contributed by atoms with Crippen molar-refractivity contribution in [2.75, 3.05) is 31.5 Å². The summed E-state index contributed by atoms with van der Waals surface area (Å²) < 4.78 is 1.96. The summed E-state index contributed by atoms with van der Waals surface area (Å²) in [5.74, 6) is -0.0327. The number of nitrogens with one attached hydrogen (secondary N) is 1. The van der Waals surface area contributed by atoms with Crippen molar-refractivity contribution in [3.8, 4) is 0 Å². The number of anilines is 1. The lowest BCUT2D eigenvalue weighted by atomic mass is 9.87. The van der Waals surface area contributed by atoms with Gasteiger partial charge in [-0.05, 0) is 48.4 Å². The molecule has 1 N–H and O–H groups in total. The highest BCUT2D eigenvalue weighted by molar-refractivity contribution is 5.93. The molecular weight excluding hydrogens is 378 g/mol. The summed E-state index contributed by atoms with van der Waals surface area (Å²) in [5.41, 5.74) is 3.78. The van der Waals surface area contributed by atoms with Crippen LogP contribution in [-0.2, 0) is 18.4 Å². The largest absolute Gasteiger partial charge is 0.334 e. The van der Waals surface area contributed by atoms with Crippen molar-refractivity contribution in [1.29, 1.82) is 0 Å². The minimum absolute atomic E-state index is 0.0327. The molecule has 2 aliphatic heterocycles. The van der Waals surface area contributed by atoms with E-state index in [1.807, 2.05) is 22.9 Å². The fourth-order valence-corrected chi connectivity index (χ4v) is 4.05. The quantitative estimate of drug-likeness (QED) is 0.825. The molecule has 0 bridgehead atoms. The Bertz CT molecular complexity index is 895. The van der Waals surface area contributed by atoms with Crippen molar-refractivity contribution in [2.24, 2.45) is 0 Å². The molecule has 7 nitrogen and oxygen atoms in total. The predicted octanol–water partition coefficient (Wildman–Crippen LogP) is 3.51. The number of aryl methyl sites for hydroxylation is 2. The number of urea groups is 1. The van der Waals surface area contributed by atoms with Gasteiger partial charge in [0, 0.05) is 44.1 Å². The van der Waals surface area contributed by atoms with Gasteiger partial charge in [-0.15, -0.1) is 0 Å². The molecule has 0 unspecified atom stereocenters. The molecule has 0 saturated carbocycles. The first-order chi connectivity index (χ1) is 14.3. The zero-order chi connectivity index (χ0) is 21.3. The maximum atomic E-state index is 12.8. The van der Waals surface area contributed by atoms with E-state index < -0.39 is 0 Å².